The van der Waals surface area contributed by atoms with Crippen molar-refractivity contribution in [3.8, 4) is 0 Å². The maximum atomic E-state index is 11.3. The number of aromatic nitrogens is 2. The van der Waals surface area contributed by atoms with E-state index in [-0.39, 0.29) is 5.91 Å². The van der Waals surface area contributed by atoms with E-state index in [0.717, 1.165) is 5.69 Å². The largest absolute Gasteiger partial charge is 0.368 e. The molecule has 1 amide bonds. The molecular weight excluding hydrogens is 192 g/mol. The molecule has 0 bridgehead atoms. The predicted molar refractivity (Wildman–Crippen MR) is 56.1 cm³/mol. The molecule has 0 spiro atoms. The summed E-state index contributed by atoms with van der Waals surface area (Å²) in [6.07, 6.45) is 5.83. The number of imidazole rings is 1. The van der Waals surface area contributed by atoms with Gasteiger partial charge in [0.2, 0.25) is 5.91 Å². The second-order valence-electron chi connectivity index (χ2n) is 3.85. The van der Waals surface area contributed by atoms with Crippen LogP contribution < -0.4 is 11.1 Å². The fourth-order valence-electron chi connectivity index (χ4n) is 1.75. The van der Waals surface area contributed by atoms with Gasteiger partial charge in [-0.2, -0.15) is 0 Å². The van der Waals surface area contributed by atoms with Gasteiger partial charge in [-0.3, -0.25) is 4.79 Å². The fourth-order valence-corrected chi connectivity index (χ4v) is 1.75. The molecule has 5 heteroatoms. The number of amides is 1. The van der Waals surface area contributed by atoms with E-state index in [9.17, 15) is 4.79 Å². The summed E-state index contributed by atoms with van der Waals surface area (Å²) >= 11 is 0. The molecule has 1 aliphatic rings. The van der Waals surface area contributed by atoms with Crippen molar-refractivity contribution in [1.82, 2.24) is 14.9 Å². The van der Waals surface area contributed by atoms with E-state index in [1.807, 2.05) is 6.92 Å². The minimum Gasteiger partial charge on any atom is -0.368 e. The Bertz CT molecular complexity index is 356. The Labute approximate surface area is 88.7 Å². The summed E-state index contributed by atoms with van der Waals surface area (Å²) < 4.78 is 2.05. The molecule has 1 fully saturated rings. The average Bonchev–Trinajstić information content (AvgIpc) is 2.94. The minimum absolute atomic E-state index is 0.348. The lowest BCUT2D eigenvalue weighted by atomic mass is 10.2. The number of carbonyl (C=O) groups excluding carboxylic acids is 1. The van der Waals surface area contributed by atoms with Crippen LogP contribution in [0.15, 0.2) is 12.5 Å². The molecule has 1 saturated carbocycles. The van der Waals surface area contributed by atoms with Gasteiger partial charge in [-0.25, -0.2) is 4.98 Å². The quantitative estimate of drug-likeness (QED) is 0.733. The molecule has 0 radical (unpaired) electrons. The van der Waals surface area contributed by atoms with Crippen molar-refractivity contribution in [3.63, 3.8) is 0 Å². The molecule has 1 unspecified atom stereocenters. The number of rotatable bonds is 5. The monoisotopic (exact) mass is 208 g/mol. The van der Waals surface area contributed by atoms with Gasteiger partial charge < -0.3 is 15.6 Å². The first-order valence-electron chi connectivity index (χ1n) is 5.28. The molecule has 0 saturated heterocycles. The molecule has 1 aromatic heterocycles. The summed E-state index contributed by atoms with van der Waals surface area (Å²) in [5.41, 5.74) is 6.24. The van der Waals surface area contributed by atoms with Crippen LogP contribution >= 0.6 is 0 Å². The summed E-state index contributed by atoms with van der Waals surface area (Å²) in [4.78, 5) is 15.4. The fraction of sp³-hybridized carbons (Fsp3) is 0.600. The zero-order valence-corrected chi connectivity index (χ0v) is 8.81. The number of hydrogen-bond acceptors (Lipinski definition) is 3. The van der Waals surface area contributed by atoms with E-state index in [1.54, 1.807) is 12.5 Å². The van der Waals surface area contributed by atoms with Crippen LogP contribution in [-0.2, 0) is 4.79 Å². The normalized spacial score (nSPS) is 17.7. The first-order valence-corrected chi connectivity index (χ1v) is 5.28. The summed E-state index contributed by atoms with van der Waals surface area (Å²) in [7, 11) is 0. The van der Waals surface area contributed by atoms with Crippen LogP contribution in [0.4, 0.5) is 0 Å². The van der Waals surface area contributed by atoms with E-state index < -0.39 is 6.04 Å². The van der Waals surface area contributed by atoms with E-state index in [2.05, 4.69) is 14.9 Å². The van der Waals surface area contributed by atoms with Crippen LogP contribution in [-0.4, -0.2) is 22.0 Å². The molecule has 1 aliphatic carbocycles. The highest BCUT2D eigenvalue weighted by atomic mass is 16.1. The summed E-state index contributed by atoms with van der Waals surface area (Å²) in [5.74, 6) is -0.348. The van der Waals surface area contributed by atoms with Crippen molar-refractivity contribution in [1.29, 1.82) is 0 Å². The summed E-state index contributed by atoms with van der Waals surface area (Å²) in [6, 6.07) is 0.0982. The molecule has 5 nitrogen and oxygen atoms in total. The van der Waals surface area contributed by atoms with Crippen LogP contribution in [0.25, 0.3) is 0 Å². The lowest BCUT2D eigenvalue weighted by Gasteiger charge is -2.16. The van der Waals surface area contributed by atoms with Gasteiger partial charge in [-0.05, 0) is 19.4 Å². The number of hydrogen-bond donors (Lipinski definition) is 2. The first-order chi connectivity index (χ1) is 7.24. The summed E-state index contributed by atoms with van der Waals surface area (Å²) in [6.45, 7) is 2.66. The van der Waals surface area contributed by atoms with Crippen LogP contribution in [0.5, 0.6) is 0 Å². The van der Waals surface area contributed by atoms with E-state index in [4.69, 9.17) is 5.73 Å². The van der Waals surface area contributed by atoms with E-state index in [1.165, 1.54) is 12.8 Å². The molecule has 82 valence electrons. The third-order valence-electron chi connectivity index (χ3n) is 2.62. The van der Waals surface area contributed by atoms with Crippen molar-refractivity contribution in [3.05, 3.63) is 18.2 Å². The highest BCUT2D eigenvalue weighted by molar-refractivity contribution is 5.80. The van der Waals surface area contributed by atoms with Gasteiger partial charge >= 0.3 is 0 Å². The Morgan fingerprint density at radius 1 is 1.80 bits per heavy atom. The lowest BCUT2D eigenvalue weighted by Crippen LogP contribution is -2.34. The van der Waals surface area contributed by atoms with Gasteiger partial charge in [0.15, 0.2) is 0 Å². The third-order valence-corrected chi connectivity index (χ3v) is 2.62. The second kappa shape index (κ2) is 4.02. The summed E-state index contributed by atoms with van der Waals surface area (Å²) in [5, 5.41) is 3.07. The molecule has 15 heavy (non-hydrogen) atoms. The number of likely N-dealkylation sites (N-methyl/N-ethyl adjacent to an activating group) is 1. The van der Waals surface area contributed by atoms with Crippen molar-refractivity contribution < 1.29 is 4.79 Å². The molecule has 0 aromatic carbocycles. The molecule has 0 aliphatic heterocycles. The second-order valence-corrected chi connectivity index (χ2v) is 3.85. The lowest BCUT2D eigenvalue weighted by molar-refractivity contribution is -0.120. The standard InChI is InChI=1S/C10H16N4O/c1-2-13-9(10(11)15)8-5-12-6-14(8)7-3-4-7/h5-7,9,13H,2-4H2,1H3,(H2,11,15). The van der Waals surface area contributed by atoms with Gasteiger partial charge in [0.25, 0.3) is 0 Å². The van der Waals surface area contributed by atoms with Crippen molar-refractivity contribution in [2.75, 3.05) is 6.54 Å². The maximum Gasteiger partial charge on any atom is 0.240 e. The van der Waals surface area contributed by atoms with Gasteiger partial charge in [0.1, 0.15) is 6.04 Å². The Hall–Kier alpha value is -1.36. The van der Waals surface area contributed by atoms with Crippen molar-refractivity contribution in [2.45, 2.75) is 31.8 Å². The first kappa shape index (κ1) is 10.2. The molecule has 1 heterocycles. The number of carbonyl (C=O) groups is 1. The molecule has 3 N–H and O–H groups in total. The molecule has 2 rings (SSSR count). The molecular formula is C10H16N4O. The van der Waals surface area contributed by atoms with Gasteiger partial charge in [0, 0.05) is 6.04 Å². The van der Waals surface area contributed by atoms with Gasteiger partial charge in [0.05, 0.1) is 18.2 Å². The average molecular weight is 208 g/mol. The predicted octanol–water partition coefficient (Wildman–Crippen LogP) is 0.354. The zero-order chi connectivity index (χ0) is 10.8. The zero-order valence-electron chi connectivity index (χ0n) is 8.81. The highest BCUT2D eigenvalue weighted by Crippen LogP contribution is 2.36. The van der Waals surface area contributed by atoms with Crippen LogP contribution in [0.3, 0.4) is 0 Å². The number of primary amides is 1. The third kappa shape index (κ3) is 2.02. The van der Waals surface area contributed by atoms with Crippen LogP contribution in [0.1, 0.15) is 37.5 Å². The maximum absolute atomic E-state index is 11.3. The smallest absolute Gasteiger partial charge is 0.240 e. The van der Waals surface area contributed by atoms with E-state index in [0.29, 0.717) is 12.6 Å². The Morgan fingerprint density at radius 2 is 2.53 bits per heavy atom. The highest BCUT2D eigenvalue weighted by Gasteiger charge is 2.29. The Morgan fingerprint density at radius 3 is 3.07 bits per heavy atom. The van der Waals surface area contributed by atoms with Crippen molar-refractivity contribution >= 4 is 5.91 Å². The minimum atomic E-state index is -0.418. The van der Waals surface area contributed by atoms with Gasteiger partial charge in [-0.15, -0.1) is 0 Å². The van der Waals surface area contributed by atoms with Crippen LogP contribution in [0.2, 0.25) is 0 Å². The SMILES string of the molecule is CCNC(C(N)=O)c1cncn1C1CC1. The Balaban J connectivity index is 2.24. The molecule has 1 aromatic rings. The van der Waals surface area contributed by atoms with E-state index >= 15 is 0 Å². The number of nitrogens with zero attached hydrogens (tertiary/aromatic N) is 2. The van der Waals surface area contributed by atoms with Crippen LogP contribution in [0, 0.1) is 0 Å². The van der Waals surface area contributed by atoms with Crippen molar-refractivity contribution in [2.24, 2.45) is 5.73 Å². The topological polar surface area (TPSA) is 72.9 Å². The Kier molecular flexibility index (Phi) is 2.73. The number of nitrogens with one attached hydrogen (secondary N) is 1. The number of nitrogens with two attached hydrogens (primary N) is 1. The van der Waals surface area contributed by atoms with Gasteiger partial charge in [-0.1, -0.05) is 6.92 Å². The molecule has 1 atom stereocenters.